The molecule has 1 fully saturated rings. The summed E-state index contributed by atoms with van der Waals surface area (Å²) in [6.07, 6.45) is 0. The Kier molecular flexibility index (Phi) is 4.98. The largest absolute Gasteiger partial charge is 0.367 e. The first-order valence-electron chi connectivity index (χ1n) is 7.45. The minimum absolute atomic E-state index is 0.301. The van der Waals surface area contributed by atoms with Crippen molar-refractivity contribution in [2.75, 3.05) is 36.4 Å². The first kappa shape index (κ1) is 16.0. The van der Waals surface area contributed by atoms with Crippen molar-refractivity contribution in [3.63, 3.8) is 0 Å². The molecule has 1 saturated heterocycles. The standard InChI is InChI=1S/C17H17ClFN3S/c18-13-5-1-4-8-16(13)21-9-11-22(12-10-21)17(23)20-15-7-3-2-6-14(15)19/h1-8H,9-12H2,(H,20,23). The number of rotatable bonds is 2. The molecule has 0 saturated carbocycles. The molecule has 0 bridgehead atoms. The van der Waals surface area contributed by atoms with Gasteiger partial charge in [-0.15, -0.1) is 0 Å². The van der Waals surface area contributed by atoms with Crippen molar-refractivity contribution in [1.29, 1.82) is 0 Å². The van der Waals surface area contributed by atoms with Gasteiger partial charge in [-0.05, 0) is 36.5 Å². The molecule has 23 heavy (non-hydrogen) atoms. The summed E-state index contributed by atoms with van der Waals surface area (Å²) in [5.74, 6) is -0.301. The zero-order chi connectivity index (χ0) is 16.2. The molecule has 0 atom stereocenters. The summed E-state index contributed by atoms with van der Waals surface area (Å²) in [6, 6.07) is 14.4. The van der Waals surface area contributed by atoms with Gasteiger partial charge in [-0.1, -0.05) is 35.9 Å². The Balaban J connectivity index is 1.60. The number of halogens is 2. The van der Waals surface area contributed by atoms with E-state index in [0.717, 1.165) is 36.9 Å². The van der Waals surface area contributed by atoms with Gasteiger partial charge in [-0.2, -0.15) is 0 Å². The fraction of sp³-hybridized carbons (Fsp3) is 0.235. The normalized spacial score (nSPS) is 14.7. The van der Waals surface area contributed by atoms with Gasteiger partial charge in [0.2, 0.25) is 0 Å². The fourth-order valence-electron chi connectivity index (χ4n) is 2.62. The number of benzene rings is 2. The quantitative estimate of drug-likeness (QED) is 0.826. The van der Waals surface area contributed by atoms with Gasteiger partial charge < -0.3 is 15.1 Å². The van der Waals surface area contributed by atoms with Gasteiger partial charge in [0, 0.05) is 26.2 Å². The number of anilines is 2. The van der Waals surface area contributed by atoms with Crippen molar-refractivity contribution >= 4 is 40.3 Å². The summed E-state index contributed by atoms with van der Waals surface area (Å²) in [7, 11) is 0. The van der Waals surface area contributed by atoms with E-state index < -0.39 is 0 Å². The lowest BCUT2D eigenvalue weighted by Gasteiger charge is -2.37. The van der Waals surface area contributed by atoms with Crippen LogP contribution in [0.15, 0.2) is 48.5 Å². The number of nitrogens with zero attached hydrogens (tertiary/aromatic N) is 2. The van der Waals surface area contributed by atoms with Crippen molar-refractivity contribution in [2.24, 2.45) is 0 Å². The number of hydrogen-bond donors (Lipinski definition) is 1. The van der Waals surface area contributed by atoms with Gasteiger partial charge in [0.25, 0.3) is 0 Å². The average molecular weight is 350 g/mol. The molecule has 3 rings (SSSR count). The topological polar surface area (TPSA) is 18.5 Å². The molecule has 1 N–H and O–H groups in total. The van der Waals surface area contributed by atoms with Crippen LogP contribution in [0.2, 0.25) is 5.02 Å². The summed E-state index contributed by atoms with van der Waals surface area (Å²) >= 11 is 11.6. The highest BCUT2D eigenvalue weighted by Crippen LogP contribution is 2.26. The monoisotopic (exact) mass is 349 g/mol. The first-order valence-corrected chi connectivity index (χ1v) is 8.24. The third-order valence-corrected chi connectivity index (χ3v) is 4.56. The van der Waals surface area contributed by atoms with Crippen molar-refractivity contribution in [1.82, 2.24) is 4.90 Å². The van der Waals surface area contributed by atoms with Crippen molar-refractivity contribution in [3.8, 4) is 0 Å². The first-order chi connectivity index (χ1) is 11.1. The Morgan fingerprint density at radius 3 is 2.35 bits per heavy atom. The van der Waals surface area contributed by atoms with E-state index in [2.05, 4.69) is 15.1 Å². The van der Waals surface area contributed by atoms with E-state index in [1.165, 1.54) is 6.07 Å². The second-order valence-corrected chi connectivity index (χ2v) is 6.13. The zero-order valence-corrected chi connectivity index (χ0v) is 14.1. The second kappa shape index (κ2) is 7.15. The van der Waals surface area contributed by atoms with Gasteiger partial charge in [0.05, 0.1) is 16.4 Å². The minimum Gasteiger partial charge on any atom is -0.367 e. The van der Waals surface area contributed by atoms with Crippen LogP contribution in [-0.2, 0) is 0 Å². The van der Waals surface area contributed by atoms with Crippen LogP contribution in [0.3, 0.4) is 0 Å². The third kappa shape index (κ3) is 3.74. The Bertz CT molecular complexity index is 702. The highest BCUT2D eigenvalue weighted by molar-refractivity contribution is 7.80. The summed E-state index contributed by atoms with van der Waals surface area (Å²) in [4.78, 5) is 4.29. The van der Waals surface area contributed by atoms with Crippen LogP contribution in [0.4, 0.5) is 15.8 Å². The molecule has 3 nitrogen and oxygen atoms in total. The van der Waals surface area contributed by atoms with Crippen LogP contribution >= 0.6 is 23.8 Å². The number of hydrogen-bond acceptors (Lipinski definition) is 2. The molecule has 0 aliphatic carbocycles. The molecule has 0 spiro atoms. The van der Waals surface area contributed by atoms with E-state index in [-0.39, 0.29) is 5.82 Å². The lowest BCUT2D eigenvalue weighted by Crippen LogP contribution is -2.50. The number of thiocarbonyl (C=S) groups is 1. The zero-order valence-electron chi connectivity index (χ0n) is 12.5. The van der Waals surface area contributed by atoms with E-state index in [1.54, 1.807) is 18.2 Å². The van der Waals surface area contributed by atoms with E-state index in [0.29, 0.717) is 10.8 Å². The molecular formula is C17H17ClFN3S. The maximum Gasteiger partial charge on any atom is 0.173 e. The van der Waals surface area contributed by atoms with E-state index in [9.17, 15) is 4.39 Å². The molecule has 0 aromatic heterocycles. The minimum atomic E-state index is -0.301. The molecule has 1 aliphatic heterocycles. The number of piperazine rings is 1. The molecule has 120 valence electrons. The van der Waals surface area contributed by atoms with Crippen molar-refractivity contribution in [3.05, 3.63) is 59.4 Å². The van der Waals surface area contributed by atoms with Crippen LogP contribution < -0.4 is 10.2 Å². The molecule has 6 heteroatoms. The molecule has 0 amide bonds. The van der Waals surface area contributed by atoms with E-state index in [4.69, 9.17) is 23.8 Å². The molecule has 0 unspecified atom stereocenters. The van der Waals surface area contributed by atoms with Crippen molar-refractivity contribution in [2.45, 2.75) is 0 Å². The van der Waals surface area contributed by atoms with Crippen LogP contribution in [0.1, 0.15) is 0 Å². The summed E-state index contributed by atoms with van der Waals surface area (Å²) in [6.45, 7) is 3.18. The molecule has 1 heterocycles. The Morgan fingerprint density at radius 1 is 1.00 bits per heavy atom. The predicted molar refractivity (Wildman–Crippen MR) is 97.9 cm³/mol. The highest BCUT2D eigenvalue weighted by atomic mass is 35.5. The lowest BCUT2D eigenvalue weighted by molar-refractivity contribution is 0.391. The third-order valence-electron chi connectivity index (χ3n) is 3.88. The predicted octanol–water partition coefficient (Wildman–Crippen LogP) is 4.00. The number of nitrogens with one attached hydrogen (secondary N) is 1. The maximum absolute atomic E-state index is 13.7. The molecular weight excluding hydrogens is 333 g/mol. The van der Waals surface area contributed by atoms with Crippen LogP contribution in [0.5, 0.6) is 0 Å². The average Bonchev–Trinajstić information content (AvgIpc) is 2.57. The number of para-hydroxylation sites is 2. The second-order valence-electron chi connectivity index (χ2n) is 5.34. The highest BCUT2D eigenvalue weighted by Gasteiger charge is 2.20. The Morgan fingerprint density at radius 2 is 1.65 bits per heavy atom. The summed E-state index contributed by atoms with van der Waals surface area (Å²) in [5, 5.41) is 4.29. The molecule has 0 radical (unpaired) electrons. The molecule has 2 aromatic carbocycles. The Labute approximate surface area is 145 Å². The van der Waals surface area contributed by atoms with Gasteiger partial charge in [-0.25, -0.2) is 4.39 Å². The van der Waals surface area contributed by atoms with Gasteiger partial charge in [0.15, 0.2) is 5.11 Å². The van der Waals surface area contributed by atoms with Crippen LogP contribution in [0.25, 0.3) is 0 Å². The van der Waals surface area contributed by atoms with Crippen LogP contribution in [0, 0.1) is 5.82 Å². The summed E-state index contributed by atoms with van der Waals surface area (Å²) in [5.41, 5.74) is 1.45. The van der Waals surface area contributed by atoms with Gasteiger partial charge in [0.1, 0.15) is 5.82 Å². The van der Waals surface area contributed by atoms with Crippen molar-refractivity contribution < 1.29 is 4.39 Å². The molecule has 2 aromatic rings. The van der Waals surface area contributed by atoms with Crippen LogP contribution in [-0.4, -0.2) is 36.2 Å². The van der Waals surface area contributed by atoms with Gasteiger partial charge >= 0.3 is 0 Å². The lowest BCUT2D eigenvalue weighted by atomic mass is 10.2. The van der Waals surface area contributed by atoms with Gasteiger partial charge in [-0.3, -0.25) is 0 Å². The SMILES string of the molecule is Fc1ccccc1NC(=S)N1CCN(c2ccccc2Cl)CC1. The van der Waals surface area contributed by atoms with E-state index in [1.807, 2.05) is 24.3 Å². The maximum atomic E-state index is 13.7. The fourth-order valence-corrected chi connectivity index (χ4v) is 3.16. The smallest absolute Gasteiger partial charge is 0.173 e. The Hall–Kier alpha value is -1.85. The van der Waals surface area contributed by atoms with E-state index >= 15 is 0 Å². The summed E-state index contributed by atoms with van der Waals surface area (Å²) < 4.78 is 13.7. The molecule has 1 aliphatic rings.